The molecule has 1 heterocycles. The maximum atomic E-state index is 10.5. The number of methoxy groups -OCH3 is 2. The lowest BCUT2D eigenvalue weighted by Gasteiger charge is -2.47. The minimum atomic E-state index is -1.02. The zero-order valence-corrected chi connectivity index (χ0v) is 12.6. The van der Waals surface area contributed by atoms with Gasteiger partial charge in [-0.3, -0.25) is 0 Å². The Kier molecular flexibility index (Phi) is 4.81. The first-order chi connectivity index (χ1) is 9.54. The third-order valence-electron chi connectivity index (χ3n) is 4.07. The predicted octanol–water partition coefficient (Wildman–Crippen LogP) is 2.52. The van der Waals surface area contributed by atoms with Crippen LogP contribution in [-0.2, 0) is 14.2 Å². The van der Waals surface area contributed by atoms with Crippen LogP contribution in [-0.4, -0.2) is 37.3 Å². The number of hydrogen-bond donors (Lipinski definition) is 1. The highest BCUT2D eigenvalue weighted by Crippen LogP contribution is 2.41. The molecule has 0 aromatic heterocycles. The van der Waals surface area contributed by atoms with Crippen LogP contribution < -0.4 is 0 Å². The third kappa shape index (κ3) is 2.74. The van der Waals surface area contributed by atoms with E-state index in [1.807, 2.05) is 44.2 Å². The summed E-state index contributed by atoms with van der Waals surface area (Å²) in [7, 11) is 3.13. The van der Waals surface area contributed by atoms with E-state index in [0.717, 1.165) is 5.56 Å². The third-order valence-corrected chi connectivity index (χ3v) is 4.07. The summed E-state index contributed by atoms with van der Waals surface area (Å²) < 4.78 is 17.1. The molecule has 0 aliphatic carbocycles. The maximum absolute atomic E-state index is 10.5. The van der Waals surface area contributed by atoms with Crippen molar-refractivity contribution in [3.8, 4) is 0 Å². The van der Waals surface area contributed by atoms with E-state index in [2.05, 4.69) is 0 Å². The van der Waals surface area contributed by atoms with Crippen molar-refractivity contribution in [1.29, 1.82) is 0 Å². The van der Waals surface area contributed by atoms with Crippen molar-refractivity contribution in [2.24, 2.45) is 5.92 Å². The molecule has 1 aliphatic rings. The molecule has 1 aliphatic heterocycles. The molecule has 1 aromatic carbocycles. The summed E-state index contributed by atoms with van der Waals surface area (Å²) in [4.78, 5) is 0. The smallest absolute Gasteiger partial charge is 0.199 e. The largest absolute Gasteiger partial charge is 0.385 e. The first kappa shape index (κ1) is 15.4. The molecule has 0 unspecified atom stereocenters. The molecule has 4 heteroatoms. The van der Waals surface area contributed by atoms with Gasteiger partial charge in [0.25, 0.3) is 0 Å². The summed E-state index contributed by atoms with van der Waals surface area (Å²) in [6.07, 6.45) is -0.813. The van der Waals surface area contributed by atoms with Gasteiger partial charge in [0.1, 0.15) is 6.10 Å². The Balaban J connectivity index is 2.32. The fourth-order valence-electron chi connectivity index (χ4n) is 2.82. The van der Waals surface area contributed by atoms with Gasteiger partial charge in [-0.1, -0.05) is 44.2 Å². The van der Waals surface area contributed by atoms with Crippen LogP contribution in [0, 0.1) is 5.92 Å². The summed E-state index contributed by atoms with van der Waals surface area (Å²) in [6.45, 7) is 4.05. The Morgan fingerprint density at radius 3 is 2.30 bits per heavy atom. The average molecular weight is 280 g/mol. The second kappa shape index (κ2) is 6.22. The van der Waals surface area contributed by atoms with Crippen LogP contribution in [0.25, 0.3) is 0 Å². The molecule has 1 aromatic rings. The van der Waals surface area contributed by atoms with Gasteiger partial charge in [-0.2, -0.15) is 0 Å². The number of rotatable bonds is 4. The molecule has 0 bridgehead atoms. The molecule has 0 amide bonds. The second-order valence-electron chi connectivity index (χ2n) is 5.61. The quantitative estimate of drug-likeness (QED) is 0.861. The lowest BCUT2D eigenvalue weighted by Crippen LogP contribution is -2.58. The molecule has 0 radical (unpaired) electrons. The summed E-state index contributed by atoms with van der Waals surface area (Å²) in [6, 6.07) is 9.98. The van der Waals surface area contributed by atoms with Gasteiger partial charge in [0.15, 0.2) is 5.79 Å². The summed E-state index contributed by atoms with van der Waals surface area (Å²) >= 11 is 0. The zero-order chi connectivity index (χ0) is 14.8. The molecule has 1 saturated heterocycles. The zero-order valence-electron chi connectivity index (χ0n) is 12.6. The number of ether oxygens (including phenoxy) is 3. The van der Waals surface area contributed by atoms with Crippen molar-refractivity contribution in [2.45, 2.75) is 44.4 Å². The minimum Gasteiger partial charge on any atom is -0.385 e. The van der Waals surface area contributed by atoms with Crippen LogP contribution in [0.2, 0.25) is 0 Å². The molecule has 2 rings (SSSR count). The molecule has 20 heavy (non-hydrogen) atoms. The van der Waals surface area contributed by atoms with Gasteiger partial charge < -0.3 is 19.3 Å². The van der Waals surface area contributed by atoms with E-state index in [1.165, 1.54) is 0 Å². The molecule has 3 atom stereocenters. The van der Waals surface area contributed by atoms with E-state index >= 15 is 0 Å². The minimum absolute atomic E-state index is 0.146. The fourth-order valence-corrected chi connectivity index (χ4v) is 2.82. The van der Waals surface area contributed by atoms with Gasteiger partial charge >= 0.3 is 0 Å². The van der Waals surface area contributed by atoms with Crippen molar-refractivity contribution in [1.82, 2.24) is 0 Å². The Morgan fingerprint density at radius 1 is 1.20 bits per heavy atom. The van der Waals surface area contributed by atoms with E-state index in [4.69, 9.17) is 14.2 Å². The molecular formula is C16H24O4. The molecular weight excluding hydrogens is 256 g/mol. The van der Waals surface area contributed by atoms with E-state index < -0.39 is 11.9 Å². The Bertz CT molecular complexity index is 414. The van der Waals surface area contributed by atoms with Crippen molar-refractivity contribution < 1.29 is 19.3 Å². The van der Waals surface area contributed by atoms with E-state index in [9.17, 15) is 5.11 Å². The van der Waals surface area contributed by atoms with Crippen LogP contribution in [0.1, 0.15) is 31.9 Å². The lowest BCUT2D eigenvalue weighted by atomic mass is 9.86. The van der Waals surface area contributed by atoms with E-state index in [1.54, 1.807) is 14.2 Å². The van der Waals surface area contributed by atoms with Gasteiger partial charge in [0.05, 0.1) is 12.2 Å². The molecule has 0 spiro atoms. The SMILES string of the molecule is COC1(OC)C[C@@H](c2ccccc2)O[C@@H](C(C)C)[C@H]1O. The lowest BCUT2D eigenvalue weighted by molar-refractivity contribution is -0.330. The van der Waals surface area contributed by atoms with E-state index in [-0.39, 0.29) is 18.1 Å². The highest BCUT2D eigenvalue weighted by Gasteiger charge is 2.51. The summed E-state index contributed by atoms with van der Waals surface area (Å²) in [5.74, 6) is -0.852. The summed E-state index contributed by atoms with van der Waals surface area (Å²) in [5, 5.41) is 10.5. The molecule has 4 nitrogen and oxygen atoms in total. The molecule has 1 fully saturated rings. The average Bonchev–Trinajstić information content (AvgIpc) is 2.48. The number of hydrogen-bond acceptors (Lipinski definition) is 4. The topological polar surface area (TPSA) is 47.9 Å². The molecule has 1 N–H and O–H groups in total. The number of aliphatic hydroxyl groups is 1. The fraction of sp³-hybridized carbons (Fsp3) is 0.625. The second-order valence-corrected chi connectivity index (χ2v) is 5.61. The van der Waals surface area contributed by atoms with Crippen molar-refractivity contribution in [3.05, 3.63) is 35.9 Å². The normalized spacial score (nSPS) is 29.6. The van der Waals surface area contributed by atoms with Gasteiger partial charge in [-0.05, 0) is 11.5 Å². The Morgan fingerprint density at radius 2 is 1.80 bits per heavy atom. The number of aliphatic hydroxyl groups excluding tert-OH is 1. The molecule has 112 valence electrons. The van der Waals surface area contributed by atoms with Crippen LogP contribution >= 0.6 is 0 Å². The summed E-state index contributed by atoms with van der Waals surface area (Å²) in [5.41, 5.74) is 1.07. The van der Waals surface area contributed by atoms with Crippen LogP contribution in [0.3, 0.4) is 0 Å². The van der Waals surface area contributed by atoms with Crippen LogP contribution in [0.4, 0.5) is 0 Å². The monoisotopic (exact) mass is 280 g/mol. The molecule has 0 saturated carbocycles. The predicted molar refractivity (Wildman–Crippen MR) is 76.3 cm³/mol. The van der Waals surface area contributed by atoms with Gasteiger partial charge in [-0.15, -0.1) is 0 Å². The highest BCUT2D eigenvalue weighted by molar-refractivity contribution is 5.19. The van der Waals surface area contributed by atoms with Crippen molar-refractivity contribution in [2.75, 3.05) is 14.2 Å². The van der Waals surface area contributed by atoms with Gasteiger partial charge in [0, 0.05) is 20.6 Å². The van der Waals surface area contributed by atoms with Crippen molar-refractivity contribution in [3.63, 3.8) is 0 Å². The van der Waals surface area contributed by atoms with Crippen LogP contribution in [0.15, 0.2) is 30.3 Å². The maximum Gasteiger partial charge on any atom is 0.199 e. The van der Waals surface area contributed by atoms with Gasteiger partial charge in [-0.25, -0.2) is 0 Å². The standard InChI is InChI=1S/C16H24O4/c1-11(2)14-15(17)16(18-3,19-4)10-13(20-14)12-8-6-5-7-9-12/h5-9,11,13-15,17H,10H2,1-4H3/t13-,14-,15+/m0/s1. The first-order valence-corrected chi connectivity index (χ1v) is 7.03. The Hall–Kier alpha value is -0.940. The van der Waals surface area contributed by atoms with Crippen molar-refractivity contribution >= 4 is 0 Å². The number of benzene rings is 1. The van der Waals surface area contributed by atoms with E-state index in [0.29, 0.717) is 6.42 Å². The highest BCUT2D eigenvalue weighted by atomic mass is 16.7. The van der Waals surface area contributed by atoms with Gasteiger partial charge in [0.2, 0.25) is 0 Å². The Labute approximate surface area is 120 Å². The first-order valence-electron chi connectivity index (χ1n) is 7.03. The van der Waals surface area contributed by atoms with Crippen LogP contribution in [0.5, 0.6) is 0 Å².